The van der Waals surface area contributed by atoms with Gasteiger partial charge in [0.2, 0.25) is 18.0 Å². The summed E-state index contributed by atoms with van der Waals surface area (Å²) in [6.45, 7) is 1.42. The third-order valence-corrected chi connectivity index (χ3v) is 3.21. The van der Waals surface area contributed by atoms with E-state index in [1.54, 1.807) is 6.07 Å². The van der Waals surface area contributed by atoms with Crippen LogP contribution in [0.1, 0.15) is 12.0 Å². The van der Waals surface area contributed by atoms with Gasteiger partial charge in [-0.05, 0) is 12.5 Å². The molecule has 0 radical (unpaired) electrons. The van der Waals surface area contributed by atoms with Gasteiger partial charge in [-0.3, -0.25) is 10.1 Å². The minimum Gasteiger partial charge on any atom is -0.481 e. The molecular formula is C13H13N3O4. The van der Waals surface area contributed by atoms with Crippen molar-refractivity contribution in [3.05, 3.63) is 34.0 Å². The zero-order chi connectivity index (χ0) is 14.1. The average molecular weight is 275 g/mol. The second-order valence-electron chi connectivity index (χ2n) is 4.39. The lowest BCUT2D eigenvalue weighted by molar-refractivity contribution is -0.400. The molecule has 0 fully saturated rings. The van der Waals surface area contributed by atoms with E-state index in [0.717, 1.165) is 24.7 Å². The summed E-state index contributed by atoms with van der Waals surface area (Å²) in [6, 6.07) is 3.66. The molecule has 0 unspecified atom stereocenters. The summed E-state index contributed by atoms with van der Waals surface area (Å²) in [7, 11) is 1.53. The van der Waals surface area contributed by atoms with Gasteiger partial charge in [-0.25, -0.2) is 4.98 Å². The van der Waals surface area contributed by atoms with Gasteiger partial charge in [0.25, 0.3) is 0 Å². The number of aryl methyl sites for hydroxylation is 1. The first-order valence-corrected chi connectivity index (χ1v) is 6.22. The maximum atomic E-state index is 10.5. The van der Waals surface area contributed by atoms with Crippen molar-refractivity contribution in [2.75, 3.05) is 13.7 Å². The summed E-state index contributed by atoms with van der Waals surface area (Å²) in [4.78, 5) is 14.4. The topological polar surface area (TPSA) is 79.4 Å². The van der Waals surface area contributed by atoms with Gasteiger partial charge < -0.3 is 14.0 Å². The fourth-order valence-electron chi connectivity index (χ4n) is 2.37. The molecule has 1 aliphatic rings. The molecule has 7 nitrogen and oxygen atoms in total. The predicted octanol–water partition coefficient (Wildman–Crippen LogP) is 2.07. The number of rotatable bonds is 3. The minimum atomic E-state index is -0.501. The van der Waals surface area contributed by atoms with Gasteiger partial charge in [-0.15, -0.1) is 0 Å². The molecule has 0 saturated carbocycles. The largest absolute Gasteiger partial charge is 0.481 e. The molecule has 2 aromatic heterocycles. The molecule has 3 rings (SSSR count). The normalized spacial score (nSPS) is 14.2. The number of hydrogen-bond donors (Lipinski definition) is 0. The highest BCUT2D eigenvalue weighted by Crippen LogP contribution is 2.35. The number of aromatic nitrogens is 2. The Balaban J connectivity index is 2.25. The second kappa shape index (κ2) is 4.84. The van der Waals surface area contributed by atoms with E-state index in [2.05, 4.69) is 4.98 Å². The summed E-state index contributed by atoms with van der Waals surface area (Å²) < 4.78 is 12.8. The molecular weight excluding hydrogens is 262 g/mol. The zero-order valence-corrected chi connectivity index (χ0v) is 10.9. The van der Waals surface area contributed by atoms with E-state index in [4.69, 9.17) is 9.47 Å². The van der Waals surface area contributed by atoms with Crippen molar-refractivity contribution in [3.8, 4) is 11.8 Å². The van der Waals surface area contributed by atoms with Crippen LogP contribution in [0.15, 0.2) is 18.3 Å². The molecule has 104 valence electrons. The van der Waals surface area contributed by atoms with Crippen molar-refractivity contribution >= 4 is 17.1 Å². The van der Waals surface area contributed by atoms with Gasteiger partial charge in [-0.2, -0.15) is 0 Å². The third-order valence-electron chi connectivity index (χ3n) is 3.21. The van der Waals surface area contributed by atoms with Crippen LogP contribution in [0.25, 0.3) is 17.1 Å². The third kappa shape index (κ3) is 1.97. The number of nitro groups is 1. The number of methoxy groups -OCH3 is 1. The van der Waals surface area contributed by atoms with Crippen molar-refractivity contribution in [1.82, 2.24) is 9.55 Å². The molecule has 0 bridgehead atoms. The molecule has 0 amide bonds. The maximum Gasteiger partial charge on any atom is 0.235 e. The Hall–Kier alpha value is -2.57. The van der Waals surface area contributed by atoms with Gasteiger partial charge >= 0.3 is 0 Å². The van der Waals surface area contributed by atoms with E-state index in [9.17, 15) is 10.1 Å². The molecule has 20 heavy (non-hydrogen) atoms. The highest BCUT2D eigenvalue weighted by Gasteiger charge is 2.21. The number of pyridine rings is 1. The van der Waals surface area contributed by atoms with Gasteiger partial charge in [-0.1, -0.05) is 0 Å². The number of nitrogens with zero attached hydrogens (tertiary/aromatic N) is 3. The van der Waals surface area contributed by atoms with Gasteiger partial charge in [0.15, 0.2) is 0 Å². The van der Waals surface area contributed by atoms with Crippen LogP contribution in [0, 0.1) is 10.1 Å². The number of hydrogen-bond acceptors (Lipinski definition) is 5. The quantitative estimate of drug-likeness (QED) is 0.633. The Kier molecular flexibility index (Phi) is 3.02. The van der Waals surface area contributed by atoms with Crippen molar-refractivity contribution in [2.24, 2.45) is 0 Å². The molecule has 0 N–H and O–H groups in total. The summed E-state index contributed by atoms with van der Waals surface area (Å²) in [6.07, 6.45) is 3.22. The molecule has 1 aliphatic heterocycles. The van der Waals surface area contributed by atoms with Crippen molar-refractivity contribution < 1.29 is 14.4 Å². The van der Waals surface area contributed by atoms with Crippen LogP contribution in [-0.2, 0) is 6.54 Å². The van der Waals surface area contributed by atoms with E-state index in [1.807, 2.05) is 10.6 Å². The Labute approximate surface area is 114 Å². The lowest BCUT2D eigenvalue weighted by Gasteiger charge is -2.17. The fraction of sp³-hybridized carbons (Fsp3) is 0.308. The van der Waals surface area contributed by atoms with Gasteiger partial charge in [0.05, 0.1) is 29.7 Å². The van der Waals surface area contributed by atoms with Crippen LogP contribution in [-0.4, -0.2) is 28.2 Å². The smallest absolute Gasteiger partial charge is 0.235 e. The van der Waals surface area contributed by atoms with Crippen LogP contribution in [0.5, 0.6) is 11.8 Å². The van der Waals surface area contributed by atoms with E-state index >= 15 is 0 Å². The van der Waals surface area contributed by atoms with Crippen LogP contribution >= 0.6 is 0 Å². The SMILES string of the molecule is COc1ccc2c(n1)c(C=C[N+](=O)[O-])c1n2CCCO1. The summed E-state index contributed by atoms with van der Waals surface area (Å²) in [5, 5.41) is 10.5. The monoisotopic (exact) mass is 275 g/mol. The first-order valence-electron chi connectivity index (χ1n) is 6.22. The van der Waals surface area contributed by atoms with E-state index < -0.39 is 4.92 Å². The predicted molar refractivity (Wildman–Crippen MR) is 72.4 cm³/mol. The summed E-state index contributed by atoms with van der Waals surface area (Å²) in [5.74, 6) is 1.10. The van der Waals surface area contributed by atoms with Crippen LogP contribution in [0.4, 0.5) is 0 Å². The number of ether oxygens (including phenoxy) is 2. The highest BCUT2D eigenvalue weighted by molar-refractivity contribution is 5.90. The van der Waals surface area contributed by atoms with Crippen molar-refractivity contribution in [1.29, 1.82) is 0 Å². The molecule has 2 aromatic rings. The second-order valence-corrected chi connectivity index (χ2v) is 4.39. The molecule has 3 heterocycles. The van der Waals surface area contributed by atoms with Crippen LogP contribution in [0.3, 0.4) is 0 Å². The summed E-state index contributed by atoms with van der Waals surface area (Å²) in [5.41, 5.74) is 2.16. The Bertz CT molecular complexity index is 705. The Morgan fingerprint density at radius 3 is 3.15 bits per heavy atom. The van der Waals surface area contributed by atoms with Crippen LogP contribution in [0.2, 0.25) is 0 Å². The van der Waals surface area contributed by atoms with E-state index in [1.165, 1.54) is 13.2 Å². The van der Waals surface area contributed by atoms with Crippen LogP contribution < -0.4 is 9.47 Å². The average Bonchev–Trinajstić information content (AvgIpc) is 2.78. The van der Waals surface area contributed by atoms with Gasteiger partial charge in [0.1, 0.15) is 5.52 Å². The minimum absolute atomic E-state index is 0.469. The summed E-state index contributed by atoms with van der Waals surface area (Å²) >= 11 is 0. The lowest BCUT2D eigenvalue weighted by Crippen LogP contribution is -2.13. The van der Waals surface area contributed by atoms with Crippen molar-refractivity contribution in [2.45, 2.75) is 13.0 Å². The molecule has 7 heteroatoms. The first kappa shape index (κ1) is 12.5. The lowest BCUT2D eigenvalue weighted by atomic mass is 10.2. The highest BCUT2D eigenvalue weighted by atomic mass is 16.6. The standard InChI is InChI=1S/C13H13N3O4/c1-19-11-4-3-10-12(14-11)9(5-7-16(17)18)13-15(10)6-2-8-20-13/h3-5,7H,2,6,8H2,1H3. The Morgan fingerprint density at radius 1 is 1.55 bits per heavy atom. The zero-order valence-electron chi connectivity index (χ0n) is 10.9. The molecule has 0 saturated heterocycles. The molecule has 0 spiro atoms. The van der Waals surface area contributed by atoms with Gasteiger partial charge in [0, 0.05) is 18.7 Å². The molecule has 0 aromatic carbocycles. The van der Waals surface area contributed by atoms with Crippen molar-refractivity contribution in [3.63, 3.8) is 0 Å². The van der Waals surface area contributed by atoms with E-state index in [0.29, 0.717) is 29.4 Å². The Morgan fingerprint density at radius 2 is 2.40 bits per heavy atom. The first-order chi connectivity index (χ1) is 9.70. The maximum absolute atomic E-state index is 10.5. The molecule has 0 aliphatic carbocycles. The fourth-order valence-corrected chi connectivity index (χ4v) is 2.37. The van der Waals surface area contributed by atoms with E-state index in [-0.39, 0.29) is 0 Å². The number of fused-ring (bicyclic) bond motifs is 3. The molecule has 0 atom stereocenters.